The van der Waals surface area contributed by atoms with Gasteiger partial charge >= 0.3 is 18.3 Å². The standard InChI is InChI=1S/C4H2O7/c5-1-2(10-3(6)7)11-4(8)9/h(H,6,7)(H,8,9). The summed E-state index contributed by atoms with van der Waals surface area (Å²) in [4.78, 5) is 28.9. The van der Waals surface area contributed by atoms with Gasteiger partial charge in [-0.3, -0.25) is 0 Å². The maximum atomic E-state index is 9.66. The van der Waals surface area contributed by atoms with E-state index in [9.17, 15) is 14.4 Å². The minimum absolute atomic E-state index is 0.825. The van der Waals surface area contributed by atoms with Gasteiger partial charge in [-0.2, -0.15) is 0 Å². The van der Waals surface area contributed by atoms with Crippen molar-refractivity contribution in [1.82, 2.24) is 0 Å². The Morgan fingerprint density at radius 3 is 1.64 bits per heavy atom. The highest BCUT2D eigenvalue weighted by molar-refractivity contribution is 5.66. The first-order chi connectivity index (χ1) is 5.06. The highest BCUT2D eigenvalue weighted by Crippen LogP contribution is 1.94. The molecule has 0 aromatic carbocycles. The van der Waals surface area contributed by atoms with Crippen LogP contribution in [0.3, 0.4) is 0 Å². The molecule has 0 heterocycles. The SMILES string of the molecule is O=C=C(OC(=O)O)OC(=O)O. The van der Waals surface area contributed by atoms with Crippen molar-refractivity contribution in [2.45, 2.75) is 0 Å². The number of hydrogen-bond donors (Lipinski definition) is 2. The molecule has 0 unspecified atom stereocenters. The maximum Gasteiger partial charge on any atom is 0.514 e. The van der Waals surface area contributed by atoms with Crippen LogP contribution in [0.5, 0.6) is 0 Å². The third-order valence-corrected chi connectivity index (χ3v) is 0.443. The van der Waals surface area contributed by atoms with Crippen molar-refractivity contribution in [3.05, 3.63) is 5.95 Å². The van der Waals surface area contributed by atoms with E-state index in [1.54, 1.807) is 0 Å². The predicted molar refractivity (Wildman–Crippen MR) is 27.4 cm³/mol. The molecule has 0 aromatic heterocycles. The molecule has 0 spiro atoms. The average Bonchev–Trinajstić information content (AvgIpc) is 1.84. The summed E-state index contributed by atoms with van der Waals surface area (Å²) in [6.07, 6.45) is -3.71. The third-order valence-electron chi connectivity index (χ3n) is 0.443. The Balaban J connectivity index is 4.10. The van der Waals surface area contributed by atoms with E-state index in [2.05, 4.69) is 9.47 Å². The summed E-state index contributed by atoms with van der Waals surface area (Å²) >= 11 is 0. The third kappa shape index (κ3) is 4.49. The average molecular weight is 162 g/mol. The topological polar surface area (TPSA) is 110 Å². The molecule has 0 aromatic rings. The van der Waals surface area contributed by atoms with Crippen LogP contribution < -0.4 is 0 Å². The van der Waals surface area contributed by atoms with Crippen molar-refractivity contribution in [1.29, 1.82) is 0 Å². The molecule has 0 aliphatic rings. The van der Waals surface area contributed by atoms with Crippen molar-refractivity contribution in [3.63, 3.8) is 0 Å². The zero-order valence-electron chi connectivity index (χ0n) is 4.94. The molecule has 0 saturated carbocycles. The predicted octanol–water partition coefficient (Wildman–Crippen LogP) is 0.0486. The van der Waals surface area contributed by atoms with E-state index in [1.807, 2.05) is 0 Å². The normalized spacial score (nSPS) is 7.64. The van der Waals surface area contributed by atoms with E-state index in [-0.39, 0.29) is 0 Å². The highest BCUT2D eigenvalue weighted by atomic mass is 16.8. The molecule has 7 heteroatoms. The van der Waals surface area contributed by atoms with Crippen LogP contribution >= 0.6 is 0 Å². The Hall–Kier alpha value is -2.01. The first-order valence-corrected chi connectivity index (χ1v) is 2.13. The van der Waals surface area contributed by atoms with Gasteiger partial charge in [0.15, 0.2) is 0 Å². The van der Waals surface area contributed by atoms with Gasteiger partial charge in [0, 0.05) is 0 Å². The maximum absolute atomic E-state index is 9.66. The van der Waals surface area contributed by atoms with Gasteiger partial charge in [0.05, 0.1) is 0 Å². The van der Waals surface area contributed by atoms with Crippen LogP contribution in [-0.4, -0.2) is 28.5 Å². The molecule has 0 aliphatic carbocycles. The number of carboxylic acid groups (broad SMARTS) is 2. The molecule has 0 bridgehead atoms. The summed E-state index contributed by atoms with van der Waals surface area (Å²) in [5, 5.41) is 15.7. The lowest BCUT2D eigenvalue weighted by molar-refractivity contribution is 0.0451. The molecule has 0 radical (unpaired) electrons. The Labute approximate surface area is 59.4 Å². The molecule has 0 saturated heterocycles. The summed E-state index contributed by atoms with van der Waals surface area (Å²) < 4.78 is 7.03. The largest absolute Gasteiger partial charge is 0.514 e. The molecule has 0 aliphatic heterocycles. The fourth-order valence-corrected chi connectivity index (χ4v) is 0.221. The minimum atomic E-state index is -1.86. The van der Waals surface area contributed by atoms with Gasteiger partial charge in [-0.15, -0.1) is 0 Å². The zero-order chi connectivity index (χ0) is 8.85. The molecule has 60 valence electrons. The first-order valence-electron chi connectivity index (χ1n) is 2.13. The van der Waals surface area contributed by atoms with Crippen LogP contribution in [0.2, 0.25) is 0 Å². The van der Waals surface area contributed by atoms with E-state index in [0.717, 1.165) is 5.94 Å². The molecule has 0 amide bonds. The van der Waals surface area contributed by atoms with Gasteiger partial charge < -0.3 is 19.7 Å². The van der Waals surface area contributed by atoms with Crippen molar-refractivity contribution in [2.75, 3.05) is 0 Å². The monoisotopic (exact) mass is 162 g/mol. The number of carbonyl (C=O) groups is 2. The molecule has 0 atom stereocenters. The highest BCUT2D eigenvalue weighted by Gasteiger charge is 2.10. The molecule has 2 N–H and O–H groups in total. The summed E-state index contributed by atoms with van der Waals surface area (Å²) in [7, 11) is 0. The number of carbonyl (C=O) groups excluding carboxylic acids is 1. The molecule has 0 rings (SSSR count). The van der Waals surface area contributed by atoms with Crippen LogP contribution in [0, 0.1) is 0 Å². The van der Waals surface area contributed by atoms with Crippen LogP contribution in [0.1, 0.15) is 0 Å². The summed E-state index contributed by atoms with van der Waals surface area (Å²) in [6.45, 7) is 0. The van der Waals surface area contributed by atoms with Gasteiger partial charge in [0.25, 0.3) is 0 Å². The Kier molecular flexibility index (Phi) is 3.20. The Morgan fingerprint density at radius 1 is 1.09 bits per heavy atom. The van der Waals surface area contributed by atoms with Crippen molar-refractivity contribution in [2.24, 2.45) is 0 Å². The van der Waals surface area contributed by atoms with Crippen LogP contribution in [-0.2, 0) is 14.3 Å². The molecule has 7 nitrogen and oxygen atoms in total. The summed E-state index contributed by atoms with van der Waals surface area (Å²) in [5.74, 6) is -0.434. The lowest BCUT2D eigenvalue weighted by Gasteiger charge is -1.96. The van der Waals surface area contributed by atoms with Crippen LogP contribution in [0.4, 0.5) is 9.59 Å². The lowest BCUT2D eigenvalue weighted by Crippen LogP contribution is -2.07. The molecule has 11 heavy (non-hydrogen) atoms. The summed E-state index contributed by atoms with van der Waals surface area (Å²) in [5.41, 5.74) is 0. The van der Waals surface area contributed by atoms with Gasteiger partial charge in [-0.1, -0.05) is 0 Å². The second-order valence-electron chi connectivity index (χ2n) is 1.13. The van der Waals surface area contributed by atoms with E-state index in [1.165, 1.54) is 0 Å². The van der Waals surface area contributed by atoms with Crippen LogP contribution in [0.15, 0.2) is 5.95 Å². The Bertz CT molecular complexity index is 205. The van der Waals surface area contributed by atoms with Gasteiger partial charge in [0.2, 0.25) is 5.94 Å². The van der Waals surface area contributed by atoms with Crippen molar-refractivity contribution < 1.29 is 34.1 Å². The quantitative estimate of drug-likeness (QED) is 0.335. The summed E-state index contributed by atoms with van der Waals surface area (Å²) in [6, 6.07) is 0. The lowest BCUT2D eigenvalue weighted by atomic mass is 11.0. The number of ether oxygens (including phenoxy) is 2. The van der Waals surface area contributed by atoms with E-state index < -0.39 is 18.3 Å². The molecular formula is C4H2O7. The van der Waals surface area contributed by atoms with E-state index in [0.29, 0.717) is 0 Å². The van der Waals surface area contributed by atoms with E-state index >= 15 is 0 Å². The number of hydrogen-bond acceptors (Lipinski definition) is 5. The fourth-order valence-electron chi connectivity index (χ4n) is 0.221. The fraction of sp³-hybridized carbons (Fsp3) is 0. The second kappa shape index (κ2) is 3.91. The van der Waals surface area contributed by atoms with Crippen LogP contribution in [0.25, 0.3) is 0 Å². The first kappa shape index (κ1) is 8.99. The van der Waals surface area contributed by atoms with Gasteiger partial charge in [0.1, 0.15) is 0 Å². The minimum Gasteiger partial charge on any atom is -0.449 e. The molecular weight excluding hydrogens is 160 g/mol. The van der Waals surface area contributed by atoms with Gasteiger partial charge in [-0.25, -0.2) is 14.4 Å². The van der Waals surface area contributed by atoms with Crippen molar-refractivity contribution in [3.8, 4) is 0 Å². The Morgan fingerprint density at radius 2 is 1.45 bits per heavy atom. The van der Waals surface area contributed by atoms with Crippen molar-refractivity contribution >= 4 is 18.3 Å². The number of rotatable bonds is 2. The van der Waals surface area contributed by atoms with Gasteiger partial charge in [-0.05, 0) is 0 Å². The van der Waals surface area contributed by atoms with E-state index in [4.69, 9.17) is 10.2 Å². The molecule has 0 fully saturated rings. The zero-order valence-corrected chi connectivity index (χ0v) is 4.94. The smallest absolute Gasteiger partial charge is 0.449 e. The second-order valence-corrected chi connectivity index (χ2v) is 1.13.